The summed E-state index contributed by atoms with van der Waals surface area (Å²) in [5, 5.41) is 15.7. The maximum atomic E-state index is 13.5. The van der Waals surface area contributed by atoms with Gasteiger partial charge in [0.05, 0.1) is 24.0 Å². The fourth-order valence-electron chi connectivity index (χ4n) is 4.26. The smallest absolute Gasteiger partial charge is 0.195 e. The summed E-state index contributed by atoms with van der Waals surface area (Å²) in [6, 6.07) is 23.4. The predicted octanol–water partition coefficient (Wildman–Crippen LogP) is 5.30. The molecule has 0 atom stereocenters. The minimum Gasteiger partial charge on any atom is -0.329 e. The second kappa shape index (κ2) is 7.88. The first-order valence-electron chi connectivity index (χ1n) is 9.99. The average molecular weight is 424 g/mol. The van der Waals surface area contributed by atoms with E-state index >= 15 is 0 Å². The summed E-state index contributed by atoms with van der Waals surface area (Å²) < 4.78 is 0. The topological polar surface area (TPSA) is 56.1 Å². The standard InChI is InChI=1S/C26H18ClN3O/c27-20-10-8-18(9-11-20)26(31)25-19(12-13-28)14-23(30-16-29-15-24(25)30)22-7-3-5-17-4-1-2-6-21(17)22/h1-12,14,29H,15-16H2/b19-12-. The highest BCUT2D eigenvalue weighted by Crippen LogP contribution is 2.39. The van der Waals surface area contributed by atoms with Crippen LogP contribution in [-0.2, 0) is 0 Å². The van der Waals surface area contributed by atoms with E-state index in [0.29, 0.717) is 34.9 Å². The molecule has 3 aromatic rings. The monoisotopic (exact) mass is 423 g/mol. The lowest BCUT2D eigenvalue weighted by atomic mass is 9.89. The SMILES string of the molecule is N#C/C=C1/C=C(c2cccc3ccccc23)N2CNCC2=C1C(=O)c1ccc(Cl)cc1. The molecule has 2 aliphatic heterocycles. The van der Waals surface area contributed by atoms with Gasteiger partial charge in [0, 0.05) is 34.5 Å². The van der Waals surface area contributed by atoms with Crippen molar-refractivity contribution in [1.29, 1.82) is 5.26 Å². The van der Waals surface area contributed by atoms with Crippen LogP contribution in [0.15, 0.2) is 95.7 Å². The molecule has 150 valence electrons. The lowest BCUT2D eigenvalue weighted by molar-refractivity contribution is 0.103. The Morgan fingerprint density at radius 1 is 1.06 bits per heavy atom. The van der Waals surface area contributed by atoms with Crippen LogP contribution in [0.1, 0.15) is 15.9 Å². The summed E-state index contributed by atoms with van der Waals surface area (Å²) in [6.45, 7) is 1.15. The Bertz CT molecular complexity index is 1340. The first-order valence-corrected chi connectivity index (χ1v) is 10.4. The van der Waals surface area contributed by atoms with Crippen LogP contribution in [0.5, 0.6) is 0 Å². The van der Waals surface area contributed by atoms with E-state index in [1.807, 2.05) is 24.3 Å². The van der Waals surface area contributed by atoms with E-state index in [4.69, 9.17) is 11.6 Å². The van der Waals surface area contributed by atoms with Crippen molar-refractivity contribution in [3.63, 3.8) is 0 Å². The molecule has 2 heterocycles. The molecule has 3 aromatic carbocycles. The van der Waals surface area contributed by atoms with E-state index in [9.17, 15) is 10.1 Å². The van der Waals surface area contributed by atoms with E-state index in [0.717, 1.165) is 27.7 Å². The first kappa shape index (κ1) is 19.3. The third kappa shape index (κ3) is 3.34. The van der Waals surface area contributed by atoms with Crippen LogP contribution in [0.2, 0.25) is 5.02 Å². The van der Waals surface area contributed by atoms with Gasteiger partial charge in [-0.2, -0.15) is 5.26 Å². The van der Waals surface area contributed by atoms with Crippen molar-refractivity contribution in [2.75, 3.05) is 13.2 Å². The molecule has 31 heavy (non-hydrogen) atoms. The molecule has 2 aliphatic rings. The van der Waals surface area contributed by atoms with Gasteiger partial charge in [0.1, 0.15) is 0 Å². The number of rotatable bonds is 3. The zero-order valence-corrected chi connectivity index (χ0v) is 17.4. The predicted molar refractivity (Wildman–Crippen MR) is 123 cm³/mol. The van der Waals surface area contributed by atoms with Crippen molar-refractivity contribution in [2.45, 2.75) is 0 Å². The van der Waals surface area contributed by atoms with Crippen LogP contribution < -0.4 is 5.32 Å². The van der Waals surface area contributed by atoms with Gasteiger partial charge in [-0.05, 0) is 46.7 Å². The van der Waals surface area contributed by atoms with Gasteiger partial charge < -0.3 is 4.90 Å². The van der Waals surface area contributed by atoms with E-state index in [2.05, 4.69) is 40.6 Å². The molecule has 0 aromatic heterocycles. The molecule has 0 amide bonds. The number of nitriles is 1. The Morgan fingerprint density at radius 2 is 1.84 bits per heavy atom. The first-order chi connectivity index (χ1) is 15.2. The van der Waals surface area contributed by atoms with Crippen molar-refractivity contribution in [3.8, 4) is 6.07 Å². The van der Waals surface area contributed by atoms with Crippen molar-refractivity contribution >= 4 is 33.9 Å². The number of hydrogen-bond donors (Lipinski definition) is 1. The Kier molecular flexibility index (Phi) is 4.91. The molecule has 1 fully saturated rings. The molecule has 0 aliphatic carbocycles. The van der Waals surface area contributed by atoms with Crippen LogP contribution in [0.25, 0.3) is 16.5 Å². The quantitative estimate of drug-likeness (QED) is 0.459. The summed E-state index contributed by atoms with van der Waals surface area (Å²) in [6.07, 6.45) is 3.40. The van der Waals surface area contributed by atoms with E-state index in [1.165, 1.54) is 6.08 Å². The molecular formula is C26H18ClN3O. The lowest BCUT2D eigenvalue weighted by Gasteiger charge is -2.30. The van der Waals surface area contributed by atoms with Crippen molar-refractivity contribution in [1.82, 2.24) is 10.2 Å². The molecule has 1 N–H and O–H groups in total. The van der Waals surface area contributed by atoms with Crippen molar-refractivity contribution in [2.24, 2.45) is 0 Å². The number of Topliss-reactive ketones (excluding diaryl/α,β-unsaturated/α-hetero) is 1. The number of ketones is 1. The molecule has 0 unspecified atom stereocenters. The third-order valence-electron chi connectivity index (χ3n) is 5.67. The molecule has 1 saturated heterocycles. The second-order valence-corrected chi connectivity index (χ2v) is 7.89. The van der Waals surface area contributed by atoms with Crippen molar-refractivity contribution < 1.29 is 4.79 Å². The van der Waals surface area contributed by atoms with Gasteiger partial charge in [0.2, 0.25) is 0 Å². The molecule has 5 heteroatoms. The summed E-state index contributed by atoms with van der Waals surface area (Å²) in [5.41, 5.74) is 4.65. The number of nitrogens with one attached hydrogen (secondary N) is 1. The number of allylic oxidation sites excluding steroid dienone is 4. The maximum absolute atomic E-state index is 13.5. The van der Waals surface area contributed by atoms with Gasteiger partial charge in [0.25, 0.3) is 0 Å². The third-order valence-corrected chi connectivity index (χ3v) is 5.92. The average Bonchev–Trinajstić information content (AvgIpc) is 3.28. The molecule has 0 spiro atoms. The summed E-state index contributed by atoms with van der Waals surface area (Å²) in [5.74, 6) is -0.116. The largest absolute Gasteiger partial charge is 0.329 e. The number of fused-ring (bicyclic) bond motifs is 2. The fourth-order valence-corrected chi connectivity index (χ4v) is 4.38. The minimum absolute atomic E-state index is 0.116. The number of halogens is 1. The van der Waals surface area contributed by atoms with Crippen LogP contribution in [-0.4, -0.2) is 23.9 Å². The Hall–Kier alpha value is -3.65. The van der Waals surface area contributed by atoms with Gasteiger partial charge in [-0.3, -0.25) is 10.1 Å². The minimum atomic E-state index is -0.116. The van der Waals surface area contributed by atoms with Gasteiger partial charge in [-0.25, -0.2) is 0 Å². The van der Waals surface area contributed by atoms with E-state index < -0.39 is 0 Å². The van der Waals surface area contributed by atoms with Crippen LogP contribution in [0, 0.1) is 11.3 Å². The summed E-state index contributed by atoms with van der Waals surface area (Å²) in [4.78, 5) is 15.6. The Balaban J connectivity index is 1.68. The normalized spacial score (nSPS) is 17.0. The van der Waals surface area contributed by atoms with Crippen LogP contribution >= 0.6 is 11.6 Å². The highest BCUT2D eigenvalue weighted by Gasteiger charge is 2.33. The van der Waals surface area contributed by atoms with E-state index in [-0.39, 0.29) is 5.78 Å². The summed E-state index contributed by atoms with van der Waals surface area (Å²) >= 11 is 6.00. The highest BCUT2D eigenvalue weighted by atomic mass is 35.5. The molecule has 0 bridgehead atoms. The number of nitrogens with zero attached hydrogens (tertiary/aromatic N) is 2. The number of benzene rings is 3. The van der Waals surface area contributed by atoms with Gasteiger partial charge in [-0.1, -0.05) is 54.1 Å². The van der Waals surface area contributed by atoms with Crippen LogP contribution in [0.3, 0.4) is 0 Å². The molecule has 0 radical (unpaired) electrons. The zero-order valence-electron chi connectivity index (χ0n) is 16.6. The number of carbonyl (C=O) groups excluding carboxylic acids is 1. The molecular weight excluding hydrogens is 406 g/mol. The van der Waals surface area contributed by atoms with E-state index in [1.54, 1.807) is 24.3 Å². The number of hydrogen-bond acceptors (Lipinski definition) is 4. The van der Waals surface area contributed by atoms with Crippen LogP contribution in [0.4, 0.5) is 0 Å². The molecule has 4 nitrogen and oxygen atoms in total. The molecule has 0 saturated carbocycles. The van der Waals surface area contributed by atoms with Crippen molar-refractivity contribution in [3.05, 3.63) is 112 Å². The number of carbonyl (C=O) groups is 1. The second-order valence-electron chi connectivity index (χ2n) is 7.46. The summed E-state index contributed by atoms with van der Waals surface area (Å²) in [7, 11) is 0. The van der Waals surface area contributed by atoms with Gasteiger partial charge in [-0.15, -0.1) is 0 Å². The highest BCUT2D eigenvalue weighted by molar-refractivity contribution is 6.30. The zero-order chi connectivity index (χ0) is 21.4. The maximum Gasteiger partial charge on any atom is 0.195 e. The van der Waals surface area contributed by atoms with Gasteiger partial charge in [0.15, 0.2) is 5.78 Å². The molecule has 5 rings (SSSR count). The van der Waals surface area contributed by atoms with Gasteiger partial charge >= 0.3 is 0 Å². The fraction of sp³-hybridized carbons (Fsp3) is 0.0769. The lowest BCUT2D eigenvalue weighted by Crippen LogP contribution is -2.26. The Morgan fingerprint density at radius 3 is 2.65 bits per heavy atom. The Labute approximate surface area is 185 Å².